The first kappa shape index (κ1) is 29.8. The maximum Gasteiger partial charge on any atom is 0.434 e. The van der Waals surface area contributed by atoms with Gasteiger partial charge in [-0.1, -0.05) is 37.8 Å². The number of pyridine rings is 1. The van der Waals surface area contributed by atoms with Crippen molar-refractivity contribution in [2.24, 2.45) is 5.92 Å². The number of aliphatic carboxylic acids is 1. The second-order valence-corrected chi connectivity index (χ2v) is 17.2. The Bertz CT molecular complexity index is 1270. The van der Waals surface area contributed by atoms with Crippen molar-refractivity contribution in [2.75, 3.05) is 6.61 Å². The lowest BCUT2D eigenvalue weighted by Gasteiger charge is -2.28. The van der Waals surface area contributed by atoms with Gasteiger partial charge in [0.05, 0.1) is 6.10 Å². The summed E-state index contributed by atoms with van der Waals surface area (Å²) < 4.78 is 53.4. The summed E-state index contributed by atoms with van der Waals surface area (Å²) in [5, 5.41) is 9.08. The summed E-state index contributed by atoms with van der Waals surface area (Å²) in [4.78, 5) is 19.3. The van der Waals surface area contributed by atoms with Crippen LogP contribution in [0.2, 0.25) is 25.7 Å². The monoisotopic (exact) mass is 575 g/mol. The molecule has 1 aliphatic carbocycles. The predicted molar refractivity (Wildman–Crippen MR) is 149 cm³/mol. The van der Waals surface area contributed by atoms with Crippen molar-refractivity contribution in [3.63, 3.8) is 0 Å². The van der Waals surface area contributed by atoms with E-state index >= 15 is 0 Å². The number of carbonyl (C=O) groups is 1. The lowest BCUT2D eigenvalue weighted by molar-refractivity contribution is -0.141. The molecule has 0 spiro atoms. The fourth-order valence-corrected chi connectivity index (χ4v) is 5.55. The molecular weight excluding hydrogens is 539 g/mol. The SMILES string of the molecule is C[Si](C)(C)CCOCn1cc(C(F)(F)F)nc1-c1ccc(-c2ccc(O[C@@H]3CCC[C@H](CC(=O)O)C3)cc2)cn1. The number of aromatic nitrogens is 3. The van der Waals surface area contributed by atoms with E-state index in [0.717, 1.165) is 49.1 Å². The third-order valence-corrected chi connectivity index (χ3v) is 8.68. The highest BCUT2D eigenvalue weighted by molar-refractivity contribution is 6.76. The summed E-state index contributed by atoms with van der Waals surface area (Å²) in [5.41, 5.74) is 1.02. The van der Waals surface area contributed by atoms with Crippen LogP contribution in [0.25, 0.3) is 22.6 Å². The lowest BCUT2D eigenvalue weighted by atomic mass is 9.85. The Morgan fingerprint density at radius 2 is 1.82 bits per heavy atom. The number of nitrogens with zero attached hydrogens (tertiary/aromatic N) is 3. The summed E-state index contributed by atoms with van der Waals surface area (Å²) in [7, 11) is -1.33. The van der Waals surface area contributed by atoms with Gasteiger partial charge in [-0.05, 0) is 61.4 Å². The van der Waals surface area contributed by atoms with E-state index in [1.54, 1.807) is 18.3 Å². The molecule has 0 radical (unpaired) electrons. The van der Waals surface area contributed by atoms with E-state index in [2.05, 4.69) is 29.6 Å². The lowest BCUT2D eigenvalue weighted by Crippen LogP contribution is -2.26. The van der Waals surface area contributed by atoms with Crippen molar-refractivity contribution in [3.8, 4) is 28.4 Å². The smallest absolute Gasteiger partial charge is 0.434 e. The first-order valence-electron chi connectivity index (χ1n) is 13.5. The molecule has 2 atom stereocenters. The molecule has 40 heavy (non-hydrogen) atoms. The van der Waals surface area contributed by atoms with E-state index in [0.29, 0.717) is 18.1 Å². The molecule has 1 saturated carbocycles. The molecule has 1 aliphatic rings. The van der Waals surface area contributed by atoms with E-state index in [1.807, 2.05) is 24.3 Å². The third-order valence-electron chi connectivity index (χ3n) is 6.97. The average molecular weight is 576 g/mol. The van der Waals surface area contributed by atoms with Gasteiger partial charge in [-0.25, -0.2) is 4.98 Å². The van der Waals surface area contributed by atoms with Crippen LogP contribution in [0.1, 0.15) is 37.8 Å². The molecule has 0 amide bonds. The molecule has 4 rings (SSSR count). The molecule has 1 aromatic carbocycles. The fraction of sp³-hybridized carbons (Fsp3) is 0.483. The number of rotatable bonds is 11. The van der Waals surface area contributed by atoms with Gasteiger partial charge in [0.15, 0.2) is 11.5 Å². The molecular formula is C29H36F3N3O4Si. The van der Waals surface area contributed by atoms with Gasteiger partial charge < -0.3 is 19.1 Å². The number of imidazole rings is 1. The maximum absolute atomic E-state index is 13.4. The minimum absolute atomic E-state index is 0.00486. The zero-order valence-corrected chi connectivity index (χ0v) is 24.1. The summed E-state index contributed by atoms with van der Waals surface area (Å²) >= 11 is 0. The minimum Gasteiger partial charge on any atom is -0.490 e. The van der Waals surface area contributed by atoms with Crippen LogP contribution in [-0.4, -0.2) is 46.4 Å². The van der Waals surface area contributed by atoms with Gasteiger partial charge in [0.25, 0.3) is 0 Å². The molecule has 11 heteroatoms. The number of ether oxygens (including phenoxy) is 2. The van der Waals surface area contributed by atoms with Crippen LogP contribution < -0.4 is 4.74 Å². The van der Waals surface area contributed by atoms with Crippen molar-refractivity contribution in [1.29, 1.82) is 0 Å². The van der Waals surface area contributed by atoms with E-state index in [1.165, 1.54) is 4.57 Å². The molecule has 3 aromatic rings. The van der Waals surface area contributed by atoms with Gasteiger partial charge in [-0.15, -0.1) is 0 Å². The van der Waals surface area contributed by atoms with E-state index in [4.69, 9.17) is 14.6 Å². The van der Waals surface area contributed by atoms with Crippen molar-refractivity contribution < 1.29 is 32.5 Å². The molecule has 1 N–H and O–H groups in total. The molecule has 0 bridgehead atoms. The first-order chi connectivity index (χ1) is 18.9. The normalized spacial score (nSPS) is 18.1. The number of hydrogen-bond donors (Lipinski definition) is 1. The quantitative estimate of drug-likeness (QED) is 0.190. The average Bonchev–Trinajstić information content (AvgIpc) is 3.31. The summed E-state index contributed by atoms with van der Waals surface area (Å²) in [6.45, 7) is 7.07. The highest BCUT2D eigenvalue weighted by Gasteiger charge is 2.35. The van der Waals surface area contributed by atoms with Crippen LogP contribution >= 0.6 is 0 Å². The van der Waals surface area contributed by atoms with Gasteiger partial charge in [-0.3, -0.25) is 9.78 Å². The van der Waals surface area contributed by atoms with Crippen LogP contribution in [0.5, 0.6) is 5.75 Å². The van der Waals surface area contributed by atoms with Crippen LogP contribution in [0.4, 0.5) is 13.2 Å². The van der Waals surface area contributed by atoms with Crippen molar-refractivity contribution >= 4 is 14.0 Å². The zero-order chi connectivity index (χ0) is 28.9. The van der Waals surface area contributed by atoms with Gasteiger partial charge in [0.2, 0.25) is 0 Å². The third kappa shape index (κ3) is 8.41. The Balaban J connectivity index is 1.43. The minimum atomic E-state index is -4.57. The Hall–Kier alpha value is -3.18. The topological polar surface area (TPSA) is 86.5 Å². The molecule has 216 valence electrons. The van der Waals surface area contributed by atoms with E-state index in [9.17, 15) is 18.0 Å². The second kappa shape index (κ2) is 12.6. The number of benzene rings is 1. The van der Waals surface area contributed by atoms with Gasteiger partial charge in [0, 0.05) is 39.1 Å². The summed E-state index contributed by atoms with van der Waals surface area (Å²) in [6, 6.07) is 11.9. The van der Waals surface area contributed by atoms with E-state index in [-0.39, 0.29) is 31.0 Å². The van der Waals surface area contributed by atoms with Crippen LogP contribution in [-0.2, 0) is 22.4 Å². The highest BCUT2D eigenvalue weighted by atomic mass is 28.3. The Labute approximate surface area is 233 Å². The van der Waals surface area contributed by atoms with Gasteiger partial charge in [0.1, 0.15) is 18.2 Å². The molecule has 2 heterocycles. The van der Waals surface area contributed by atoms with Crippen molar-refractivity contribution in [3.05, 3.63) is 54.5 Å². The highest BCUT2D eigenvalue weighted by Crippen LogP contribution is 2.33. The number of carboxylic acids is 1. The maximum atomic E-state index is 13.4. The molecule has 1 fully saturated rings. The van der Waals surface area contributed by atoms with E-state index < -0.39 is 25.9 Å². The number of halogens is 3. The Morgan fingerprint density at radius 1 is 1.10 bits per heavy atom. The largest absolute Gasteiger partial charge is 0.490 e. The molecule has 0 saturated heterocycles. The van der Waals surface area contributed by atoms with Crippen molar-refractivity contribution in [1.82, 2.24) is 14.5 Å². The standard InChI is InChI=1S/C29H36F3N3O4Si/c1-40(2,3)14-13-38-19-35-18-26(29(30,31)32)34-28(35)25-12-9-22(17-33-25)21-7-10-23(11-8-21)39-24-6-4-5-20(15-24)16-27(36)37/h7-12,17-18,20,24H,4-6,13-16,19H2,1-3H3,(H,36,37)/t20-,24+/m0/s1. The number of carboxylic acid groups (broad SMARTS) is 1. The van der Waals surface area contributed by atoms with Crippen LogP contribution in [0, 0.1) is 5.92 Å². The van der Waals surface area contributed by atoms with Gasteiger partial charge in [-0.2, -0.15) is 13.2 Å². The Morgan fingerprint density at radius 3 is 2.45 bits per heavy atom. The fourth-order valence-electron chi connectivity index (χ4n) is 4.79. The van der Waals surface area contributed by atoms with Crippen molar-refractivity contribution in [2.45, 2.75) is 76.8 Å². The Kier molecular flexibility index (Phi) is 9.35. The number of hydrogen-bond acceptors (Lipinski definition) is 5. The summed E-state index contributed by atoms with van der Waals surface area (Å²) in [5.74, 6) is 0.180. The second-order valence-electron chi connectivity index (χ2n) is 11.6. The van der Waals surface area contributed by atoms with Crippen LogP contribution in [0.3, 0.4) is 0 Å². The zero-order valence-electron chi connectivity index (χ0n) is 23.1. The molecule has 2 aromatic heterocycles. The first-order valence-corrected chi connectivity index (χ1v) is 17.3. The molecule has 7 nitrogen and oxygen atoms in total. The molecule has 0 aliphatic heterocycles. The predicted octanol–water partition coefficient (Wildman–Crippen LogP) is 7.36. The summed E-state index contributed by atoms with van der Waals surface area (Å²) in [6.07, 6.45) is 1.67. The van der Waals surface area contributed by atoms with Gasteiger partial charge >= 0.3 is 12.1 Å². The molecule has 0 unspecified atom stereocenters. The number of alkyl halides is 3. The van der Waals surface area contributed by atoms with Crippen LogP contribution in [0.15, 0.2) is 48.8 Å².